The van der Waals surface area contributed by atoms with Crippen LogP contribution < -0.4 is 0 Å². The number of carboxylic acids is 1. The summed E-state index contributed by atoms with van der Waals surface area (Å²) in [6.07, 6.45) is 3.54. The second-order valence-corrected chi connectivity index (χ2v) is 5.17. The molecule has 1 N–H and O–H groups in total. The predicted octanol–water partition coefficient (Wildman–Crippen LogP) is 0.505. The molecule has 0 aromatic heterocycles. The van der Waals surface area contributed by atoms with E-state index < -0.39 is 11.9 Å². The highest BCUT2D eigenvalue weighted by Crippen LogP contribution is 2.17. The number of aliphatic carboxylic acids is 1. The molecule has 19 heavy (non-hydrogen) atoms. The summed E-state index contributed by atoms with van der Waals surface area (Å²) in [5.74, 6) is -1.38. The van der Waals surface area contributed by atoms with E-state index in [0.29, 0.717) is 26.1 Å². The van der Waals surface area contributed by atoms with Gasteiger partial charge in [0.05, 0.1) is 18.6 Å². The maximum absolute atomic E-state index is 11.9. The number of rotatable bonds is 5. The van der Waals surface area contributed by atoms with Crippen molar-refractivity contribution in [1.29, 1.82) is 0 Å². The summed E-state index contributed by atoms with van der Waals surface area (Å²) in [6.45, 7) is 2.17. The molecule has 2 saturated heterocycles. The zero-order chi connectivity index (χ0) is 13.7. The van der Waals surface area contributed by atoms with Gasteiger partial charge in [0, 0.05) is 19.7 Å². The van der Waals surface area contributed by atoms with Gasteiger partial charge in [-0.05, 0) is 25.7 Å². The highest BCUT2D eigenvalue weighted by Gasteiger charge is 2.28. The van der Waals surface area contributed by atoms with E-state index in [1.54, 1.807) is 4.90 Å². The third-order valence-corrected chi connectivity index (χ3v) is 3.68. The van der Waals surface area contributed by atoms with Crippen LogP contribution in [0.1, 0.15) is 25.7 Å². The smallest absolute Gasteiger partial charge is 0.308 e. The summed E-state index contributed by atoms with van der Waals surface area (Å²) in [5.41, 5.74) is 0. The molecule has 2 rings (SSSR count). The number of amides is 1. The lowest BCUT2D eigenvalue weighted by Gasteiger charge is -2.30. The number of hydrogen-bond acceptors (Lipinski definition) is 4. The molecule has 1 amide bonds. The number of likely N-dealkylation sites (tertiary alicyclic amines) is 1. The van der Waals surface area contributed by atoms with Crippen molar-refractivity contribution < 1.29 is 24.2 Å². The topological polar surface area (TPSA) is 76.1 Å². The average Bonchev–Trinajstić information content (AvgIpc) is 2.92. The van der Waals surface area contributed by atoms with Crippen molar-refractivity contribution >= 4 is 11.9 Å². The van der Waals surface area contributed by atoms with E-state index in [2.05, 4.69) is 0 Å². The lowest BCUT2D eigenvalue weighted by atomic mass is 9.98. The molecule has 0 aromatic rings. The first-order valence-electron chi connectivity index (χ1n) is 6.86. The molecule has 2 heterocycles. The fourth-order valence-electron chi connectivity index (χ4n) is 2.55. The number of carbonyl (C=O) groups excluding carboxylic acids is 1. The highest BCUT2D eigenvalue weighted by molar-refractivity contribution is 5.79. The Bertz CT molecular complexity index is 327. The third-order valence-electron chi connectivity index (χ3n) is 3.68. The van der Waals surface area contributed by atoms with Crippen LogP contribution in [0.3, 0.4) is 0 Å². The normalized spacial score (nSPS) is 27.5. The Morgan fingerprint density at radius 1 is 1.32 bits per heavy atom. The van der Waals surface area contributed by atoms with Gasteiger partial charge in [-0.25, -0.2) is 0 Å². The zero-order valence-corrected chi connectivity index (χ0v) is 11.0. The van der Waals surface area contributed by atoms with Crippen LogP contribution in [0.2, 0.25) is 0 Å². The molecule has 6 heteroatoms. The van der Waals surface area contributed by atoms with Gasteiger partial charge in [-0.15, -0.1) is 0 Å². The molecule has 0 radical (unpaired) electrons. The molecule has 0 aromatic carbocycles. The van der Waals surface area contributed by atoms with Crippen molar-refractivity contribution in [2.45, 2.75) is 31.8 Å². The molecule has 2 aliphatic rings. The summed E-state index contributed by atoms with van der Waals surface area (Å²) in [5, 5.41) is 8.97. The Hall–Kier alpha value is -1.14. The monoisotopic (exact) mass is 271 g/mol. The van der Waals surface area contributed by atoms with Gasteiger partial charge < -0.3 is 19.5 Å². The van der Waals surface area contributed by atoms with Crippen molar-refractivity contribution in [1.82, 2.24) is 4.90 Å². The Morgan fingerprint density at radius 2 is 2.16 bits per heavy atom. The lowest BCUT2D eigenvalue weighted by Crippen LogP contribution is -2.44. The van der Waals surface area contributed by atoms with Crippen LogP contribution in [0.4, 0.5) is 0 Å². The minimum Gasteiger partial charge on any atom is -0.481 e. The summed E-state index contributed by atoms with van der Waals surface area (Å²) < 4.78 is 10.8. The number of nitrogens with zero attached hydrogens (tertiary/aromatic N) is 1. The minimum atomic E-state index is -0.822. The van der Waals surface area contributed by atoms with Crippen molar-refractivity contribution in [3.63, 3.8) is 0 Å². The molecule has 6 nitrogen and oxygen atoms in total. The van der Waals surface area contributed by atoms with E-state index in [9.17, 15) is 9.59 Å². The summed E-state index contributed by atoms with van der Waals surface area (Å²) in [7, 11) is 0. The van der Waals surface area contributed by atoms with Crippen molar-refractivity contribution in [3.8, 4) is 0 Å². The molecule has 0 saturated carbocycles. The second kappa shape index (κ2) is 6.86. The van der Waals surface area contributed by atoms with E-state index in [4.69, 9.17) is 14.6 Å². The first kappa shape index (κ1) is 14.3. The van der Waals surface area contributed by atoms with Gasteiger partial charge in [0.25, 0.3) is 0 Å². The van der Waals surface area contributed by atoms with Gasteiger partial charge >= 0.3 is 5.97 Å². The van der Waals surface area contributed by atoms with E-state index in [-0.39, 0.29) is 18.6 Å². The molecular formula is C13H21NO5. The maximum atomic E-state index is 11.9. The number of carboxylic acid groups (broad SMARTS) is 1. The van der Waals surface area contributed by atoms with Crippen molar-refractivity contribution in [3.05, 3.63) is 0 Å². The van der Waals surface area contributed by atoms with Gasteiger partial charge in [0.1, 0.15) is 6.61 Å². The van der Waals surface area contributed by atoms with Crippen molar-refractivity contribution in [2.24, 2.45) is 5.92 Å². The van der Waals surface area contributed by atoms with Gasteiger partial charge in [-0.3, -0.25) is 9.59 Å². The van der Waals surface area contributed by atoms with Crippen molar-refractivity contribution in [2.75, 3.05) is 32.9 Å². The average molecular weight is 271 g/mol. The van der Waals surface area contributed by atoms with Gasteiger partial charge in [-0.2, -0.15) is 0 Å². The third kappa shape index (κ3) is 4.18. The van der Waals surface area contributed by atoms with Crippen LogP contribution in [-0.4, -0.2) is 60.9 Å². The first-order chi connectivity index (χ1) is 9.16. The Kier molecular flexibility index (Phi) is 5.15. The van der Waals surface area contributed by atoms with E-state index in [1.165, 1.54) is 0 Å². The molecule has 2 aliphatic heterocycles. The summed E-state index contributed by atoms with van der Waals surface area (Å²) in [6, 6.07) is 0. The molecule has 0 spiro atoms. The zero-order valence-electron chi connectivity index (χ0n) is 11.0. The molecule has 0 unspecified atom stereocenters. The quantitative estimate of drug-likeness (QED) is 0.788. The molecule has 0 aliphatic carbocycles. The summed E-state index contributed by atoms with van der Waals surface area (Å²) >= 11 is 0. The Labute approximate surface area is 112 Å². The van der Waals surface area contributed by atoms with E-state index in [1.807, 2.05) is 0 Å². The van der Waals surface area contributed by atoms with Crippen LogP contribution in [0, 0.1) is 5.92 Å². The molecule has 108 valence electrons. The predicted molar refractivity (Wildman–Crippen MR) is 66.7 cm³/mol. The molecule has 2 atom stereocenters. The number of ether oxygens (including phenoxy) is 2. The Morgan fingerprint density at radius 3 is 2.84 bits per heavy atom. The second-order valence-electron chi connectivity index (χ2n) is 5.17. The van der Waals surface area contributed by atoms with Gasteiger partial charge in [0.2, 0.25) is 5.91 Å². The van der Waals surface area contributed by atoms with Gasteiger partial charge in [0.15, 0.2) is 0 Å². The molecular weight excluding hydrogens is 250 g/mol. The van der Waals surface area contributed by atoms with Gasteiger partial charge in [-0.1, -0.05) is 0 Å². The number of piperidine rings is 1. The van der Waals surface area contributed by atoms with Crippen LogP contribution >= 0.6 is 0 Å². The first-order valence-corrected chi connectivity index (χ1v) is 6.86. The summed E-state index contributed by atoms with van der Waals surface area (Å²) in [4.78, 5) is 24.4. The number of hydrogen-bond donors (Lipinski definition) is 1. The van der Waals surface area contributed by atoms with Crippen LogP contribution in [0.5, 0.6) is 0 Å². The minimum absolute atomic E-state index is 0.0200. The Balaban J connectivity index is 1.68. The molecule has 2 fully saturated rings. The van der Waals surface area contributed by atoms with Crippen LogP contribution in [0.15, 0.2) is 0 Å². The highest BCUT2D eigenvalue weighted by atomic mass is 16.5. The van der Waals surface area contributed by atoms with Crippen LogP contribution in [0.25, 0.3) is 0 Å². The fraction of sp³-hybridized carbons (Fsp3) is 0.846. The van der Waals surface area contributed by atoms with E-state index >= 15 is 0 Å². The lowest BCUT2D eigenvalue weighted by molar-refractivity contribution is -0.147. The van der Waals surface area contributed by atoms with E-state index in [0.717, 1.165) is 25.9 Å². The maximum Gasteiger partial charge on any atom is 0.308 e. The number of carbonyl (C=O) groups is 2. The largest absolute Gasteiger partial charge is 0.481 e. The fourth-order valence-corrected chi connectivity index (χ4v) is 2.55. The molecule has 0 bridgehead atoms. The standard InChI is InChI=1S/C13H21NO5/c15-12(9-18-8-11-4-2-6-19-11)14-5-1-3-10(7-14)13(16)17/h10-11H,1-9H2,(H,16,17)/t10-,11+/m1/s1. The van der Waals surface area contributed by atoms with Crippen LogP contribution in [-0.2, 0) is 19.1 Å². The SMILES string of the molecule is O=C(O)[C@@H]1CCCN(C(=O)COC[C@@H]2CCCO2)C1.